The lowest BCUT2D eigenvalue weighted by molar-refractivity contribution is -0.117. The van der Waals surface area contributed by atoms with E-state index in [4.69, 9.17) is 21.4 Å². The number of anilines is 1. The highest BCUT2D eigenvalue weighted by Gasteiger charge is 2.43. The number of benzene rings is 2. The summed E-state index contributed by atoms with van der Waals surface area (Å²) in [6.07, 6.45) is 0. The average molecular weight is 392 g/mol. The van der Waals surface area contributed by atoms with E-state index in [1.807, 2.05) is 0 Å². The van der Waals surface area contributed by atoms with E-state index in [-0.39, 0.29) is 5.76 Å². The lowest BCUT2D eigenvalue weighted by Crippen LogP contribution is -2.30. The number of aliphatic hydroxyl groups excluding tert-OH is 1. The molecule has 4 rings (SSSR count). The molecule has 0 spiro atoms. The van der Waals surface area contributed by atoms with Crippen LogP contribution in [-0.2, 0) is 4.79 Å². The molecule has 1 atom stereocenters. The van der Waals surface area contributed by atoms with Gasteiger partial charge in [0.1, 0.15) is 5.76 Å². The normalized spacial score (nSPS) is 16.5. The molecule has 1 aromatic heterocycles. The lowest BCUT2D eigenvalue weighted by atomic mass is 9.93. The van der Waals surface area contributed by atoms with Crippen molar-refractivity contribution in [2.45, 2.75) is 13.0 Å². The fourth-order valence-corrected chi connectivity index (χ4v) is 3.41. The summed E-state index contributed by atoms with van der Waals surface area (Å²) in [6.45, 7) is 1.72. The second-order valence-corrected chi connectivity index (χ2v) is 6.81. The minimum Gasteiger partial charge on any atom is -0.503 e. The molecule has 0 saturated heterocycles. The lowest BCUT2D eigenvalue weighted by Gasteiger charge is -2.25. The van der Waals surface area contributed by atoms with Crippen LogP contribution in [-0.4, -0.2) is 16.2 Å². The number of nitrogens with zero attached hydrogens (tertiary/aromatic N) is 3. The summed E-state index contributed by atoms with van der Waals surface area (Å²) in [6, 6.07) is 16.8. The molecule has 1 amide bonds. The molecule has 1 N–H and O–H groups in total. The van der Waals surface area contributed by atoms with Crippen molar-refractivity contribution in [3.63, 3.8) is 0 Å². The Balaban J connectivity index is 1.90. The van der Waals surface area contributed by atoms with E-state index >= 15 is 0 Å². The van der Waals surface area contributed by atoms with Crippen molar-refractivity contribution in [1.29, 1.82) is 5.26 Å². The summed E-state index contributed by atoms with van der Waals surface area (Å²) >= 11 is 5.99. The van der Waals surface area contributed by atoms with Crippen molar-refractivity contribution < 1.29 is 14.4 Å². The van der Waals surface area contributed by atoms with Gasteiger partial charge in [-0.25, -0.2) is 0 Å². The van der Waals surface area contributed by atoms with Gasteiger partial charge in [-0.05, 0) is 42.3 Å². The molecule has 0 radical (unpaired) electrons. The first-order chi connectivity index (χ1) is 13.5. The smallest absolute Gasteiger partial charge is 0.295 e. The molecule has 138 valence electrons. The number of halogens is 1. The van der Waals surface area contributed by atoms with E-state index in [1.54, 1.807) is 61.5 Å². The molecule has 1 aliphatic heterocycles. The molecule has 0 aliphatic carbocycles. The number of aryl methyl sites for hydroxylation is 1. The second kappa shape index (κ2) is 6.87. The van der Waals surface area contributed by atoms with E-state index in [0.717, 1.165) is 5.56 Å². The van der Waals surface area contributed by atoms with Crippen LogP contribution in [0.3, 0.4) is 0 Å². The van der Waals surface area contributed by atoms with Gasteiger partial charge in [-0.1, -0.05) is 41.0 Å². The van der Waals surface area contributed by atoms with Gasteiger partial charge >= 0.3 is 0 Å². The molecule has 1 aliphatic rings. The maximum Gasteiger partial charge on any atom is 0.295 e. The summed E-state index contributed by atoms with van der Waals surface area (Å²) in [5.41, 5.74) is 2.32. The Bertz CT molecular complexity index is 1120. The molecule has 2 aromatic carbocycles. The molecule has 6 nitrogen and oxygen atoms in total. The Morgan fingerprint density at radius 2 is 1.86 bits per heavy atom. The third-order valence-electron chi connectivity index (χ3n) is 4.58. The average Bonchev–Trinajstić information content (AvgIpc) is 3.24. The Morgan fingerprint density at radius 3 is 2.43 bits per heavy atom. The summed E-state index contributed by atoms with van der Waals surface area (Å²) in [5.74, 6) is -0.0990. The van der Waals surface area contributed by atoms with Crippen molar-refractivity contribution in [1.82, 2.24) is 5.16 Å². The highest BCUT2D eigenvalue weighted by molar-refractivity contribution is 6.30. The molecular weight excluding hydrogens is 378 g/mol. The first-order valence-electron chi connectivity index (χ1n) is 8.45. The predicted octanol–water partition coefficient (Wildman–Crippen LogP) is 4.57. The minimum atomic E-state index is -0.633. The van der Waals surface area contributed by atoms with Crippen LogP contribution >= 0.6 is 11.6 Å². The molecule has 0 saturated carbocycles. The maximum absolute atomic E-state index is 12.9. The van der Waals surface area contributed by atoms with Gasteiger partial charge in [-0.3, -0.25) is 9.69 Å². The van der Waals surface area contributed by atoms with Crippen LogP contribution in [0.15, 0.2) is 64.9 Å². The van der Waals surface area contributed by atoms with Gasteiger partial charge in [0.25, 0.3) is 5.91 Å². The Labute approximate surface area is 165 Å². The Morgan fingerprint density at radius 1 is 1.18 bits per heavy atom. The number of aliphatic hydroxyl groups is 1. The number of rotatable bonds is 3. The number of carbonyl (C=O) groups is 1. The third kappa shape index (κ3) is 2.92. The fourth-order valence-electron chi connectivity index (χ4n) is 3.29. The SMILES string of the molecule is Cc1cc(N2C(=O)C(O)=C(c3ccc(Cl)cc3)C2c2ccc(C#N)cc2)no1. The summed E-state index contributed by atoms with van der Waals surface area (Å²) < 4.78 is 5.13. The number of hydrogen-bond acceptors (Lipinski definition) is 5. The van der Waals surface area contributed by atoms with Crippen LogP contribution in [0.5, 0.6) is 0 Å². The Hall–Kier alpha value is -3.56. The molecular formula is C21H14ClN3O3. The maximum atomic E-state index is 12.9. The van der Waals surface area contributed by atoms with E-state index in [0.29, 0.717) is 33.3 Å². The zero-order valence-corrected chi connectivity index (χ0v) is 15.5. The van der Waals surface area contributed by atoms with Gasteiger partial charge in [0, 0.05) is 16.7 Å². The van der Waals surface area contributed by atoms with Crippen LogP contribution < -0.4 is 4.90 Å². The van der Waals surface area contributed by atoms with E-state index in [9.17, 15) is 9.90 Å². The van der Waals surface area contributed by atoms with Crippen molar-refractivity contribution in [3.05, 3.63) is 87.8 Å². The monoisotopic (exact) mass is 391 g/mol. The molecule has 0 fully saturated rings. The zero-order chi connectivity index (χ0) is 19.8. The molecule has 3 aromatic rings. The number of hydrogen-bond donors (Lipinski definition) is 1. The van der Waals surface area contributed by atoms with Gasteiger partial charge in [0.15, 0.2) is 11.6 Å². The third-order valence-corrected chi connectivity index (χ3v) is 4.83. The predicted molar refractivity (Wildman–Crippen MR) is 104 cm³/mol. The highest BCUT2D eigenvalue weighted by Crippen LogP contribution is 2.45. The van der Waals surface area contributed by atoms with Crippen LogP contribution in [0.1, 0.15) is 28.5 Å². The molecule has 0 bridgehead atoms. The van der Waals surface area contributed by atoms with Crippen LogP contribution in [0.4, 0.5) is 5.82 Å². The Kier molecular flexibility index (Phi) is 4.38. The van der Waals surface area contributed by atoms with Crippen molar-refractivity contribution in [2.75, 3.05) is 4.90 Å². The number of carbonyl (C=O) groups excluding carboxylic acids is 1. The van der Waals surface area contributed by atoms with Gasteiger partial charge < -0.3 is 9.63 Å². The van der Waals surface area contributed by atoms with Gasteiger partial charge in [0.05, 0.1) is 17.7 Å². The first-order valence-corrected chi connectivity index (χ1v) is 8.83. The van der Waals surface area contributed by atoms with Gasteiger partial charge in [0.2, 0.25) is 0 Å². The van der Waals surface area contributed by atoms with E-state index in [1.165, 1.54) is 4.90 Å². The van der Waals surface area contributed by atoms with Crippen LogP contribution in [0, 0.1) is 18.3 Å². The van der Waals surface area contributed by atoms with E-state index < -0.39 is 11.9 Å². The minimum absolute atomic E-state index is 0.298. The summed E-state index contributed by atoms with van der Waals surface area (Å²) in [5, 5.41) is 24.3. The second-order valence-electron chi connectivity index (χ2n) is 6.38. The molecule has 2 heterocycles. The van der Waals surface area contributed by atoms with Gasteiger partial charge in [-0.2, -0.15) is 5.26 Å². The van der Waals surface area contributed by atoms with Gasteiger partial charge in [-0.15, -0.1) is 0 Å². The first kappa shape index (κ1) is 17.8. The summed E-state index contributed by atoms with van der Waals surface area (Å²) in [7, 11) is 0. The van der Waals surface area contributed by atoms with Crippen LogP contribution in [0.25, 0.3) is 5.57 Å². The molecule has 7 heteroatoms. The molecule has 1 unspecified atom stereocenters. The van der Waals surface area contributed by atoms with E-state index in [2.05, 4.69) is 11.2 Å². The van der Waals surface area contributed by atoms with Crippen molar-refractivity contribution in [2.24, 2.45) is 0 Å². The van der Waals surface area contributed by atoms with Crippen molar-refractivity contribution in [3.8, 4) is 6.07 Å². The number of nitriles is 1. The zero-order valence-electron chi connectivity index (χ0n) is 14.8. The van der Waals surface area contributed by atoms with Crippen molar-refractivity contribution >= 4 is 28.9 Å². The largest absolute Gasteiger partial charge is 0.503 e. The topological polar surface area (TPSA) is 90.4 Å². The fraction of sp³-hybridized carbons (Fsp3) is 0.0952. The molecule has 28 heavy (non-hydrogen) atoms. The summed E-state index contributed by atoms with van der Waals surface area (Å²) in [4.78, 5) is 14.3. The van der Waals surface area contributed by atoms with Crippen LogP contribution in [0.2, 0.25) is 5.02 Å². The number of amides is 1. The quantitative estimate of drug-likeness (QED) is 0.706. The standard InChI is InChI=1S/C21H14ClN3O3/c1-12-10-17(24-28-12)25-19(15-4-2-13(11-23)3-5-15)18(20(26)21(25)27)14-6-8-16(22)9-7-14/h2-10,19,26H,1H3. The number of aromatic nitrogens is 1. The highest BCUT2D eigenvalue weighted by atomic mass is 35.5.